The van der Waals surface area contributed by atoms with Crippen LogP contribution in [0.2, 0.25) is 0 Å². The maximum absolute atomic E-state index is 10.9. The van der Waals surface area contributed by atoms with E-state index in [1.54, 1.807) is 12.1 Å². The highest BCUT2D eigenvalue weighted by Crippen LogP contribution is 2.34. The monoisotopic (exact) mass is 446 g/mol. The van der Waals surface area contributed by atoms with E-state index in [1.165, 1.54) is 23.9 Å². The number of thioether (sulfide) groups is 1. The van der Waals surface area contributed by atoms with Crippen molar-refractivity contribution >= 4 is 17.4 Å². The molecule has 1 aliphatic heterocycles. The van der Waals surface area contributed by atoms with Gasteiger partial charge in [0.15, 0.2) is 22.5 Å². The zero-order valence-corrected chi connectivity index (χ0v) is 17.7. The fraction of sp³-hybridized carbons (Fsp3) is 0.130. The molecule has 0 unspecified atom stereocenters. The summed E-state index contributed by atoms with van der Waals surface area (Å²) in [5.41, 5.74) is 3.07. The zero-order chi connectivity index (χ0) is 21.9. The number of nitro groups is 1. The van der Waals surface area contributed by atoms with Gasteiger partial charge in [0.05, 0.1) is 11.5 Å². The molecule has 0 saturated carbocycles. The summed E-state index contributed by atoms with van der Waals surface area (Å²) in [6.45, 7) is 0.799. The number of fused-ring (bicyclic) bond motifs is 1. The zero-order valence-electron chi connectivity index (χ0n) is 16.9. The normalized spacial score (nSPS) is 12.1. The van der Waals surface area contributed by atoms with Crippen LogP contribution in [0.4, 0.5) is 5.69 Å². The molecule has 0 aliphatic carbocycles. The number of aromatic nitrogens is 3. The second kappa shape index (κ2) is 8.72. The van der Waals surface area contributed by atoms with E-state index < -0.39 is 4.92 Å². The molecule has 4 aromatic rings. The molecule has 0 amide bonds. The summed E-state index contributed by atoms with van der Waals surface area (Å²) in [5, 5.41) is 20.5. The summed E-state index contributed by atoms with van der Waals surface area (Å²) in [5.74, 6) is 2.87. The van der Waals surface area contributed by atoms with Crippen LogP contribution in [0.25, 0.3) is 11.4 Å². The van der Waals surface area contributed by atoms with Crippen LogP contribution < -0.4 is 9.47 Å². The summed E-state index contributed by atoms with van der Waals surface area (Å²) in [6.07, 6.45) is 0. The van der Waals surface area contributed by atoms with Crippen molar-refractivity contribution in [3.8, 4) is 22.9 Å². The fourth-order valence-electron chi connectivity index (χ4n) is 3.42. The van der Waals surface area contributed by atoms with Crippen LogP contribution in [0.3, 0.4) is 0 Å². The average molecular weight is 446 g/mol. The second-order valence-corrected chi connectivity index (χ2v) is 8.10. The maximum Gasteiger partial charge on any atom is 0.269 e. The maximum atomic E-state index is 10.9. The molecule has 0 fully saturated rings. The van der Waals surface area contributed by atoms with Crippen LogP contribution >= 0.6 is 11.8 Å². The molecule has 160 valence electrons. The van der Waals surface area contributed by atoms with Crippen molar-refractivity contribution < 1.29 is 14.4 Å². The lowest BCUT2D eigenvalue weighted by atomic mass is 10.2. The summed E-state index contributed by atoms with van der Waals surface area (Å²) in [6, 6.07) is 22.4. The van der Waals surface area contributed by atoms with Crippen molar-refractivity contribution in [2.45, 2.75) is 17.5 Å². The molecule has 0 bridgehead atoms. The lowest BCUT2D eigenvalue weighted by molar-refractivity contribution is -0.384. The highest BCUT2D eigenvalue weighted by Gasteiger charge is 2.18. The third kappa shape index (κ3) is 4.15. The topological polar surface area (TPSA) is 92.3 Å². The van der Waals surface area contributed by atoms with Crippen LogP contribution in [-0.2, 0) is 12.3 Å². The molecule has 32 heavy (non-hydrogen) atoms. The van der Waals surface area contributed by atoms with Gasteiger partial charge in [-0.1, -0.05) is 60.3 Å². The van der Waals surface area contributed by atoms with Gasteiger partial charge in [0, 0.05) is 23.4 Å². The van der Waals surface area contributed by atoms with Crippen LogP contribution in [0.5, 0.6) is 11.5 Å². The van der Waals surface area contributed by atoms with Gasteiger partial charge < -0.3 is 9.47 Å². The Balaban J connectivity index is 1.43. The molecule has 0 spiro atoms. The van der Waals surface area contributed by atoms with Crippen LogP contribution in [0.15, 0.2) is 78.0 Å². The minimum Gasteiger partial charge on any atom is -0.454 e. The van der Waals surface area contributed by atoms with Gasteiger partial charge in [-0.05, 0) is 23.3 Å². The Morgan fingerprint density at radius 1 is 0.938 bits per heavy atom. The second-order valence-electron chi connectivity index (χ2n) is 7.16. The van der Waals surface area contributed by atoms with Crippen molar-refractivity contribution in [3.05, 3.63) is 94.0 Å². The number of hydrogen-bond acceptors (Lipinski definition) is 7. The summed E-state index contributed by atoms with van der Waals surface area (Å²) in [7, 11) is 0. The molecule has 1 aromatic heterocycles. The quantitative estimate of drug-likeness (QED) is 0.226. The Labute approximate surface area is 188 Å². The number of nitrogens with zero attached hydrogens (tertiary/aromatic N) is 4. The molecular weight excluding hydrogens is 428 g/mol. The molecule has 9 heteroatoms. The first-order valence-corrected chi connectivity index (χ1v) is 10.9. The van der Waals surface area contributed by atoms with Crippen molar-refractivity contribution in [2.75, 3.05) is 6.79 Å². The van der Waals surface area contributed by atoms with Gasteiger partial charge in [-0.3, -0.25) is 14.7 Å². The lowest BCUT2D eigenvalue weighted by Gasteiger charge is -2.11. The lowest BCUT2D eigenvalue weighted by Crippen LogP contribution is -2.04. The molecule has 0 saturated heterocycles. The standard InChI is InChI=1S/C23H18N4O4S/c28-27(29)19-9-6-16(7-10-19)14-32-23-25-24-22(18-4-2-1-3-5-18)26(23)13-17-8-11-20-21(12-17)31-15-30-20/h1-12H,13-15H2. The van der Waals surface area contributed by atoms with E-state index in [4.69, 9.17) is 9.47 Å². The number of ether oxygens (including phenoxy) is 2. The summed E-state index contributed by atoms with van der Waals surface area (Å²) in [4.78, 5) is 10.5. The highest BCUT2D eigenvalue weighted by atomic mass is 32.2. The number of non-ortho nitro benzene ring substituents is 1. The van der Waals surface area contributed by atoms with Gasteiger partial charge in [0.1, 0.15) is 0 Å². The van der Waals surface area contributed by atoms with E-state index >= 15 is 0 Å². The SMILES string of the molecule is O=[N+]([O-])c1ccc(CSc2nnc(-c3ccccc3)n2Cc2ccc3c(c2)OCO3)cc1. The minimum absolute atomic E-state index is 0.0797. The van der Waals surface area contributed by atoms with Crippen molar-refractivity contribution in [2.24, 2.45) is 0 Å². The number of nitro benzene ring substituents is 1. The number of hydrogen-bond donors (Lipinski definition) is 0. The molecule has 1 aliphatic rings. The van der Waals surface area contributed by atoms with E-state index in [0.717, 1.165) is 39.2 Å². The Kier molecular flexibility index (Phi) is 5.47. The van der Waals surface area contributed by atoms with Crippen molar-refractivity contribution in [1.29, 1.82) is 0 Å². The Hall–Kier alpha value is -3.85. The van der Waals surface area contributed by atoms with E-state index in [2.05, 4.69) is 14.8 Å². The van der Waals surface area contributed by atoms with Gasteiger partial charge in [-0.25, -0.2) is 0 Å². The van der Waals surface area contributed by atoms with Gasteiger partial charge in [0.2, 0.25) is 6.79 Å². The first-order valence-electron chi connectivity index (χ1n) is 9.90. The van der Waals surface area contributed by atoms with E-state index in [1.807, 2.05) is 48.5 Å². The van der Waals surface area contributed by atoms with E-state index in [0.29, 0.717) is 12.3 Å². The van der Waals surface area contributed by atoms with Gasteiger partial charge in [0.25, 0.3) is 5.69 Å². The predicted octanol–water partition coefficient (Wildman–Crippen LogP) is 4.92. The fourth-order valence-corrected chi connectivity index (χ4v) is 4.32. The van der Waals surface area contributed by atoms with E-state index in [-0.39, 0.29) is 12.5 Å². The first kappa shape index (κ1) is 20.1. The molecular formula is C23H18N4O4S. The largest absolute Gasteiger partial charge is 0.454 e. The average Bonchev–Trinajstić information content (AvgIpc) is 3.45. The van der Waals surface area contributed by atoms with Crippen LogP contribution in [0, 0.1) is 10.1 Å². The molecule has 0 N–H and O–H groups in total. The van der Waals surface area contributed by atoms with E-state index in [9.17, 15) is 10.1 Å². The van der Waals surface area contributed by atoms with Crippen molar-refractivity contribution in [1.82, 2.24) is 14.8 Å². The number of rotatable bonds is 7. The van der Waals surface area contributed by atoms with Gasteiger partial charge in [-0.15, -0.1) is 10.2 Å². The Bertz CT molecular complexity index is 1260. The molecule has 0 radical (unpaired) electrons. The highest BCUT2D eigenvalue weighted by molar-refractivity contribution is 7.98. The molecule has 0 atom stereocenters. The summed E-state index contributed by atoms with van der Waals surface area (Å²) < 4.78 is 13.0. The third-order valence-electron chi connectivity index (χ3n) is 5.04. The molecule has 5 rings (SSSR count). The van der Waals surface area contributed by atoms with Crippen LogP contribution in [-0.4, -0.2) is 26.5 Å². The summed E-state index contributed by atoms with van der Waals surface area (Å²) >= 11 is 1.54. The molecule has 2 heterocycles. The van der Waals surface area contributed by atoms with Gasteiger partial charge in [-0.2, -0.15) is 0 Å². The predicted molar refractivity (Wildman–Crippen MR) is 120 cm³/mol. The number of benzene rings is 3. The van der Waals surface area contributed by atoms with Gasteiger partial charge >= 0.3 is 0 Å². The Morgan fingerprint density at radius 3 is 2.47 bits per heavy atom. The minimum atomic E-state index is -0.398. The third-order valence-corrected chi connectivity index (χ3v) is 6.08. The Morgan fingerprint density at radius 2 is 1.69 bits per heavy atom. The van der Waals surface area contributed by atoms with Crippen molar-refractivity contribution in [3.63, 3.8) is 0 Å². The molecule has 8 nitrogen and oxygen atoms in total. The molecule has 3 aromatic carbocycles. The van der Waals surface area contributed by atoms with Crippen LogP contribution in [0.1, 0.15) is 11.1 Å². The first-order chi connectivity index (χ1) is 15.7. The smallest absolute Gasteiger partial charge is 0.269 e.